The molecular weight excluding hydrogens is 324 g/mol. The maximum absolute atomic E-state index is 6.07. The second-order valence-corrected chi connectivity index (χ2v) is 5.95. The van der Waals surface area contributed by atoms with E-state index in [0.717, 1.165) is 23.7 Å². The third-order valence-electron chi connectivity index (χ3n) is 4.18. The summed E-state index contributed by atoms with van der Waals surface area (Å²) in [6, 6.07) is 9.91. The van der Waals surface area contributed by atoms with Crippen molar-refractivity contribution < 1.29 is 4.74 Å². The zero-order valence-corrected chi connectivity index (χ0v) is 14.3. The van der Waals surface area contributed by atoms with Crippen molar-refractivity contribution in [2.24, 2.45) is 0 Å². The molecule has 26 heavy (non-hydrogen) atoms. The van der Waals surface area contributed by atoms with Crippen LogP contribution in [0.4, 0.5) is 11.5 Å². The third-order valence-corrected chi connectivity index (χ3v) is 4.18. The molecular formula is C21H20N4O. The van der Waals surface area contributed by atoms with E-state index in [9.17, 15) is 0 Å². The molecule has 0 saturated heterocycles. The van der Waals surface area contributed by atoms with Crippen LogP contribution in [0.2, 0.25) is 0 Å². The quantitative estimate of drug-likeness (QED) is 0.825. The highest BCUT2D eigenvalue weighted by Crippen LogP contribution is 2.25. The molecule has 2 aliphatic heterocycles. The summed E-state index contributed by atoms with van der Waals surface area (Å²) in [5.41, 5.74) is 2.00. The van der Waals surface area contributed by atoms with Crippen molar-refractivity contribution in [3.63, 3.8) is 0 Å². The van der Waals surface area contributed by atoms with E-state index in [4.69, 9.17) is 4.74 Å². The molecule has 130 valence electrons. The minimum atomic E-state index is -0.221. The van der Waals surface area contributed by atoms with Crippen molar-refractivity contribution in [3.05, 3.63) is 97.3 Å². The summed E-state index contributed by atoms with van der Waals surface area (Å²) < 4.78 is 6.07. The molecule has 2 aliphatic rings. The van der Waals surface area contributed by atoms with E-state index in [-0.39, 0.29) is 6.23 Å². The molecule has 2 aromatic heterocycles. The van der Waals surface area contributed by atoms with Gasteiger partial charge in [-0.05, 0) is 36.4 Å². The fraction of sp³-hybridized carbons (Fsp3) is 0.143. The number of hydrogen-bond acceptors (Lipinski definition) is 5. The lowest BCUT2D eigenvalue weighted by Crippen LogP contribution is -2.33. The van der Waals surface area contributed by atoms with Gasteiger partial charge in [0.05, 0.1) is 12.3 Å². The molecule has 0 aromatic carbocycles. The Hall–Kier alpha value is -3.18. The van der Waals surface area contributed by atoms with Gasteiger partial charge in [-0.3, -0.25) is 4.98 Å². The molecule has 0 spiro atoms. The van der Waals surface area contributed by atoms with E-state index < -0.39 is 0 Å². The molecule has 1 atom stereocenters. The second-order valence-electron chi connectivity index (χ2n) is 5.95. The molecule has 0 N–H and O–H groups in total. The second kappa shape index (κ2) is 7.80. The molecule has 0 amide bonds. The number of nitrogens with zero attached hydrogens (tertiary/aromatic N) is 4. The number of aromatic nitrogens is 2. The van der Waals surface area contributed by atoms with Crippen LogP contribution in [0.25, 0.3) is 0 Å². The van der Waals surface area contributed by atoms with Gasteiger partial charge in [0.15, 0.2) is 6.23 Å². The highest BCUT2D eigenvalue weighted by Gasteiger charge is 2.19. The molecule has 5 nitrogen and oxygen atoms in total. The van der Waals surface area contributed by atoms with Gasteiger partial charge in [0.25, 0.3) is 0 Å². The topological polar surface area (TPSA) is 41.5 Å². The van der Waals surface area contributed by atoms with Crippen LogP contribution in [0.5, 0.6) is 0 Å². The van der Waals surface area contributed by atoms with Crippen LogP contribution in [0, 0.1) is 0 Å². The number of allylic oxidation sites excluding steroid dienone is 4. The Kier molecular flexibility index (Phi) is 4.89. The number of hydrogen-bond donors (Lipinski definition) is 0. The molecule has 4 rings (SSSR count). The molecule has 0 radical (unpaired) electrons. The van der Waals surface area contributed by atoms with Crippen molar-refractivity contribution in [2.75, 3.05) is 16.3 Å². The fourth-order valence-electron chi connectivity index (χ4n) is 2.86. The number of pyridine rings is 2. The normalized spacial score (nSPS) is 18.5. The Morgan fingerprint density at radius 1 is 1.00 bits per heavy atom. The van der Waals surface area contributed by atoms with E-state index in [1.807, 2.05) is 65.9 Å². The van der Waals surface area contributed by atoms with E-state index in [1.165, 1.54) is 0 Å². The summed E-state index contributed by atoms with van der Waals surface area (Å²) in [5, 5.41) is 0. The van der Waals surface area contributed by atoms with Gasteiger partial charge in [-0.2, -0.15) is 0 Å². The minimum absolute atomic E-state index is 0.221. The molecule has 1 unspecified atom stereocenters. The third kappa shape index (κ3) is 3.73. The Morgan fingerprint density at radius 2 is 1.96 bits per heavy atom. The van der Waals surface area contributed by atoms with Crippen LogP contribution in [-0.4, -0.2) is 22.7 Å². The first-order valence-electron chi connectivity index (χ1n) is 8.61. The van der Waals surface area contributed by atoms with Crippen LogP contribution in [0.1, 0.15) is 5.69 Å². The van der Waals surface area contributed by atoms with Crippen LogP contribution in [-0.2, 0) is 11.3 Å². The molecule has 0 saturated carbocycles. The highest BCUT2D eigenvalue weighted by atomic mass is 16.5. The smallest absolute Gasteiger partial charge is 0.155 e. The summed E-state index contributed by atoms with van der Waals surface area (Å²) in [6.45, 7) is 1.30. The Morgan fingerprint density at radius 3 is 2.81 bits per heavy atom. The number of anilines is 2. The van der Waals surface area contributed by atoms with Crippen molar-refractivity contribution in [2.45, 2.75) is 12.8 Å². The van der Waals surface area contributed by atoms with Crippen LogP contribution < -0.4 is 9.80 Å². The molecule has 5 heteroatoms. The lowest BCUT2D eigenvalue weighted by molar-refractivity contribution is 0.0720. The van der Waals surface area contributed by atoms with E-state index in [0.29, 0.717) is 6.61 Å². The average molecular weight is 344 g/mol. The number of ether oxygens (including phenoxy) is 1. The van der Waals surface area contributed by atoms with Gasteiger partial charge in [0.2, 0.25) is 0 Å². The van der Waals surface area contributed by atoms with Gasteiger partial charge in [-0.1, -0.05) is 24.3 Å². The monoisotopic (exact) mass is 344 g/mol. The summed E-state index contributed by atoms with van der Waals surface area (Å²) in [6.07, 6.45) is 19.6. The Bertz CT molecular complexity index is 857. The van der Waals surface area contributed by atoms with Gasteiger partial charge in [-0.25, -0.2) is 4.98 Å². The lowest BCUT2D eigenvalue weighted by atomic mass is 10.2. The first kappa shape index (κ1) is 16.3. The molecule has 0 bridgehead atoms. The SMILES string of the molecule is C1=CCN(c2ccnc(N3C=CC=CC3OCc3ccccn3)c2)C=C1. The summed E-state index contributed by atoms with van der Waals surface area (Å²) in [7, 11) is 0. The van der Waals surface area contributed by atoms with Crippen LogP contribution in [0.15, 0.2) is 91.6 Å². The summed E-state index contributed by atoms with van der Waals surface area (Å²) >= 11 is 0. The van der Waals surface area contributed by atoms with Crippen molar-refractivity contribution in [1.29, 1.82) is 0 Å². The molecule has 0 fully saturated rings. The predicted molar refractivity (Wildman–Crippen MR) is 103 cm³/mol. The molecule has 2 aromatic rings. The van der Waals surface area contributed by atoms with Crippen molar-refractivity contribution >= 4 is 11.5 Å². The van der Waals surface area contributed by atoms with Gasteiger partial charge in [0, 0.05) is 43.1 Å². The predicted octanol–water partition coefficient (Wildman–Crippen LogP) is 3.80. The lowest BCUT2D eigenvalue weighted by Gasteiger charge is -2.30. The maximum atomic E-state index is 6.07. The molecule has 4 heterocycles. The van der Waals surface area contributed by atoms with E-state index >= 15 is 0 Å². The van der Waals surface area contributed by atoms with Crippen molar-refractivity contribution in [3.8, 4) is 0 Å². The largest absolute Gasteiger partial charge is 0.348 e. The van der Waals surface area contributed by atoms with Crippen molar-refractivity contribution in [1.82, 2.24) is 9.97 Å². The van der Waals surface area contributed by atoms with Crippen LogP contribution in [0.3, 0.4) is 0 Å². The fourth-order valence-corrected chi connectivity index (χ4v) is 2.86. The average Bonchev–Trinajstić information content (AvgIpc) is 2.74. The maximum Gasteiger partial charge on any atom is 0.155 e. The van der Waals surface area contributed by atoms with Gasteiger partial charge in [-0.15, -0.1) is 0 Å². The summed E-state index contributed by atoms with van der Waals surface area (Å²) in [5.74, 6) is 0.845. The van der Waals surface area contributed by atoms with Gasteiger partial charge in [0.1, 0.15) is 5.82 Å². The Labute approximate surface area is 153 Å². The Balaban J connectivity index is 1.51. The standard InChI is InChI=1S/C21H20N4O/c1-5-13-24(14-6-1)19-10-12-23-20(16-19)25-15-7-3-9-21(25)26-17-18-8-2-4-11-22-18/h1-13,15-16,21H,14,17H2. The van der Waals surface area contributed by atoms with E-state index in [1.54, 1.807) is 6.20 Å². The first-order valence-corrected chi connectivity index (χ1v) is 8.61. The van der Waals surface area contributed by atoms with E-state index in [2.05, 4.69) is 39.3 Å². The zero-order valence-electron chi connectivity index (χ0n) is 14.3. The van der Waals surface area contributed by atoms with Gasteiger partial charge >= 0.3 is 0 Å². The van der Waals surface area contributed by atoms with Crippen LogP contribution >= 0.6 is 0 Å². The molecule has 0 aliphatic carbocycles. The summed E-state index contributed by atoms with van der Waals surface area (Å²) in [4.78, 5) is 13.1. The highest BCUT2D eigenvalue weighted by molar-refractivity contribution is 5.59. The zero-order chi connectivity index (χ0) is 17.6. The van der Waals surface area contributed by atoms with Gasteiger partial charge < -0.3 is 14.5 Å². The number of rotatable bonds is 5. The minimum Gasteiger partial charge on any atom is -0.348 e. The first-order chi connectivity index (χ1) is 12.9.